The second-order valence-electron chi connectivity index (χ2n) is 6.37. The van der Waals surface area contributed by atoms with Gasteiger partial charge in [0.1, 0.15) is 0 Å². The van der Waals surface area contributed by atoms with Crippen LogP contribution in [-0.2, 0) is 0 Å². The van der Waals surface area contributed by atoms with Crippen molar-refractivity contribution in [2.45, 2.75) is 76.0 Å². The van der Waals surface area contributed by atoms with Crippen LogP contribution in [-0.4, -0.2) is 36.1 Å². The van der Waals surface area contributed by atoms with Gasteiger partial charge in [-0.2, -0.15) is 0 Å². The molecule has 0 aromatic heterocycles. The molecule has 0 amide bonds. The smallest absolute Gasteiger partial charge is 0.0110 e. The molecule has 2 nitrogen and oxygen atoms in total. The minimum Gasteiger partial charge on any atom is -0.311 e. The normalized spacial score (nSPS) is 42.0. The van der Waals surface area contributed by atoms with Gasteiger partial charge in [-0.05, 0) is 58.4 Å². The van der Waals surface area contributed by atoms with Gasteiger partial charge in [0.25, 0.3) is 0 Å². The molecule has 2 bridgehead atoms. The molecular weight excluding hydrogens is 196 g/mol. The lowest BCUT2D eigenvalue weighted by Gasteiger charge is -2.47. The minimum absolute atomic E-state index is 0.772. The van der Waals surface area contributed by atoms with E-state index >= 15 is 0 Å². The molecule has 3 rings (SSSR count). The molecular formula is C14H26N2. The zero-order chi connectivity index (χ0) is 11.1. The van der Waals surface area contributed by atoms with Crippen molar-refractivity contribution in [1.82, 2.24) is 10.2 Å². The number of fused-ring (bicyclic) bond motifs is 2. The Kier molecular flexibility index (Phi) is 2.97. The molecule has 3 aliphatic rings. The first kappa shape index (κ1) is 11.0. The third-order valence-corrected chi connectivity index (χ3v) is 5.17. The van der Waals surface area contributed by atoms with Gasteiger partial charge in [-0.25, -0.2) is 0 Å². The molecule has 2 heteroatoms. The third kappa shape index (κ3) is 2.14. The monoisotopic (exact) mass is 222 g/mol. The number of hydrogen-bond acceptors (Lipinski definition) is 2. The van der Waals surface area contributed by atoms with Gasteiger partial charge in [0.15, 0.2) is 0 Å². The van der Waals surface area contributed by atoms with Crippen LogP contribution in [0.25, 0.3) is 0 Å². The summed E-state index contributed by atoms with van der Waals surface area (Å²) in [5, 5.41) is 3.90. The third-order valence-electron chi connectivity index (χ3n) is 5.17. The second kappa shape index (κ2) is 4.30. The fourth-order valence-corrected chi connectivity index (χ4v) is 3.86. The summed E-state index contributed by atoms with van der Waals surface area (Å²) in [6.45, 7) is 2.39. The van der Waals surface area contributed by atoms with Crippen molar-refractivity contribution in [2.75, 3.05) is 7.05 Å². The van der Waals surface area contributed by atoms with Crippen LogP contribution in [0.5, 0.6) is 0 Å². The average molecular weight is 222 g/mol. The Morgan fingerprint density at radius 1 is 1.06 bits per heavy atom. The highest BCUT2D eigenvalue weighted by atomic mass is 15.2. The molecule has 2 heterocycles. The van der Waals surface area contributed by atoms with Gasteiger partial charge in [0, 0.05) is 24.2 Å². The molecule has 16 heavy (non-hydrogen) atoms. The van der Waals surface area contributed by atoms with E-state index in [2.05, 4.69) is 24.2 Å². The molecule has 2 saturated heterocycles. The zero-order valence-corrected chi connectivity index (χ0v) is 10.8. The summed E-state index contributed by atoms with van der Waals surface area (Å²) < 4.78 is 0. The molecule has 92 valence electrons. The van der Waals surface area contributed by atoms with Crippen molar-refractivity contribution < 1.29 is 0 Å². The van der Waals surface area contributed by atoms with Gasteiger partial charge in [0.05, 0.1) is 0 Å². The molecule has 1 saturated carbocycles. The highest BCUT2D eigenvalue weighted by molar-refractivity contribution is 4.95. The molecule has 2 aliphatic heterocycles. The van der Waals surface area contributed by atoms with E-state index in [1.165, 1.54) is 44.9 Å². The Hall–Kier alpha value is -0.0800. The number of hydrogen-bond donors (Lipinski definition) is 1. The first-order valence-electron chi connectivity index (χ1n) is 7.22. The molecule has 0 radical (unpaired) electrons. The van der Waals surface area contributed by atoms with E-state index < -0.39 is 0 Å². The molecule has 1 N–H and O–H groups in total. The first-order valence-corrected chi connectivity index (χ1v) is 7.22. The van der Waals surface area contributed by atoms with E-state index in [1.807, 2.05) is 0 Å². The number of nitrogens with zero attached hydrogens (tertiary/aromatic N) is 1. The predicted molar refractivity (Wildman–Crippen MR) is 67.5 cm³/mol. The predicted octanol–water partition coefficient (Wildman–Crippen LogP) is 2.39. The van der Waals surface area contributed by atoms with E-state index in [9.17, 15) is 0 Å². The number of nitrogens with one attached hydrogen (secondary N) is 1. The largest absolute Gasteiger partial charge is 0.311 e. The van der Waals surface area contributed by atoms with Crippen molar-refractivity contribution in [3.63, 3.8) is 0 Å². The Balaban J connectivity index is 1.57. The lowest BCUT2D eigenvalue weighted by atomic mass is 9.82. The summed E-state index contributed by atoms with van der Waals surface area (Å²) in [5.41, 5.74) is 0. The van der Waals surface area contributed by atoms with Crippen LogP contribution >= 0.6 is 0 Å². The molecule has 3 atom stereocenters. The van der Waals surface area contributed by atoms with Crippen molar-refractivity contribution >= 4 is 0 Å². The number of rotatable bonds is 3. The van der Waals surface area contributed by atoms with Crippen LogP contribution in [0.15, 0.2) is 0 Å². The van der Waals surface area contributed by atoms with E-state index in [4.69, 9.17) is 0 Å². The Morgan fingerprint density at radius 2 is 1.69 bits per heavy atom. The minimum atomic E-state index is 0.772. The van der Waals surface area contributed by atoms with Gasteiger partial charge < -0.3 is 10.2 Å². The van der Waals surface area contributed by atoms with Gasteiger partial charge >= 0.3 is 0 Å². The topological polar surface area (TPSA) is 15.3 Å². The van der Waals surface area contributed by atoms with Crippen molar-refractivity contribution in [1.29, 1.82) is 0 Å². The number of piperidine rings is 2. The quantitative estimate of drug-likeness (QED) is 0.789. The van der Waals surface area contributed by atoms with E-state index in [-0.39, 0.29) is 0 Å². The highest BCUT2D eigenvalue weighted by Gasteiger charge is 2.37. The van der Waals surface area contributed by atoms with Crippen LogP contribution in [0.2, 0.25) is 0 Å². The lowest BCUT2D eigenvalue weighted by molar-refractivity contribution is 0.0456. The Bertz CT molecular complexity index is 232. The summed E-state index contributed by atoms with van der Waals surface area (Å²) in [6, 6.07) is 3.32. The Labute approximate surface area is 99.8 Å². The van der Waals surface area contributed by atoms with Crippen molar-refractivity contribution in [3.05, 3.63) is 0 Å². The van der Waals surface area contributed by atoms with Crippen LogP contribution in [0, 0.1) is 5.92 Å². The molecule has 0 aromatic rings. The summed E-state index contributed by atoms with van der Waals surface area (Å²) >= 11 is 0. The van der Waals surface area contributed by atoms with E-state index in [0.29, 0.717) is 0 Å². The summed E-state index contributed by atoms with van der Waals surface area (Å²) in [6.07, 6.45) is 10.0. The SMILES string of the molecule is CC(NC1CC2CCCC(C1)N2C)C1CC1. The van der Waals surface area contributed by atoms with Crippen LogP contribution < -0.4 is 5.32 Å². The summed E-state index contributed by atoms with van der Waals surface area (Å²) in [5.74, 6) is 1.000. The van der Waals surface area contributed by atoms with Crippen molar-refractivity contribution in [3.8, 4) is 0 Å². The molecule has 0 spiro atoms. The van der Waals surface area contributed by atoms with Crippen LogP contribution in [0.4, 0.5) is 0 Å². The molecule has 0 aromatic carbocycles. The molecule has 1 aliphatic carbocycles. The van der Waals surface area contributed by atoms with Gasteiger partial charge in [-0.1, -0.05) is 6.42 Å². The maximum atomic E-state index is 3.90. The highest BCUT2D eigenvalue weighted by Crippen LogP contribution is 2.36. The second-order valence-corrected chi connectivity index (χ2v) is 6.37. The van der Waals surface area contributed by atoms with Gasteiger partial charge in [-0.15, -0.1) is 0 Å². The zero-order valence-electron chi connectivity index (χ0n) is 10.8. The van der Waals surface area contributed by atoms with Crippen LogP contribution in [0.3, 0.4) is 0 Å². The lowest BCUT2D eigenvalue weighted by Crippen LogP contribution is -2.55. The average Bonchev–Trinajstić information content (AvgIpc) is 3.02. The van der Waals surface area contributed by atoms with Crippen LogP contribution in [0.1, 0.15) is 51.9 Å². The fourth-order valence-electron chi connectivity index (χ4n) is 3.86. The van der Waals surface area contributed by atoms with E-state index in [1.54, 1.807) is 0 Å². The fraction of sp³-hybridized carbons (Fsp3) is 1.00. The standard InChI is InChI=1S/C14H26N2/c1-10(11-6-7-11)15-12-8-13-4-3-5-14(9-12)16(13)2/h10-15H,3-9H2,1-2H3. The van der Waals surface area contributed by atoms with Crippen molar-refractivity contribution in [2.24, 2.45) is 5.92 Å². The molecule has 3 fully saturated rings. The molecule has 3 unspecified atom stereocenters. The summed E-state index contributed by atoms with van der Waals surface area (Å²) in [4.78, 5) is 2.66. The van der Waals surface area contributed by atoms with E-state index in [0.717, 1.165) is 30.1 Å². The maximum absolute atomic E-state index is 3.90. The van der Waals surface area contributed by atoms with Gasteiger partial charge in [-0.3, -0.25) is 0 Å². The maximum Gasteiger partial charge on any atom is 0.0110 e. The first-order chi connectivity index (χ1) is 7.74. The van der Waals surface area contributed by atoms with Gasteiger partial charge in [0.2, 0.25) is 0 Å². The summed E-state index contributed by atoms with van der Waals surface area (Å²) in [7, 11) is 2.34. The Morgan fingerprint density at radius 3 is 2.25 bits per heavy atom.